The molecular weight excluding hydrogens is 344 g/mol. The van der Waals surface area contributed by atoms with Gasteiger partial charge in [0.25, 0.3) is 5.56 Å². The van der Waals surface area contributed by atoms with Crippen LogP contribution >= 0.6 is 0 Å². The van der Waals surface area contributed by atoms with E-state index >= 15 is 0 Å². The summed E-state index contributed by atoms with van der Waals surface area (Å²) in [5.74, 6) is -0.530. The number of aromatic amines is 1. The third-order valence-electron chi connectivity index (χ3n) is 3.90. The topological polar surface area (TPSA) is 95.0 Å². The van der Waals surface area contributed by atoms with Crippen LogP contribution in [0.15, 0.2) is 29.1 Å². The normalized spacial score (nSPS) is 10.5. The first kappa shape index (κ1) is 19.1. The number of nitrogens with one attached hydrogen (secondary N) is 2. The Morgan fingerprint density at radius 3 is 2.69 bits per heavy atom. The van der Waals surface area contributed by atoms with Gasteiger partial charge in [0.15, 0.2) is 0 Å². The molecule has 0 bridgehead atoms. The van der Waals surface area contributed by atoms with Crippen LogP contribution in [0.3, 0.4) is 0 Å². The van der Waals surface area contributed by atoms with E-state index in [1.807, 2.05) is 6.07 Å². The molecule has 2 aromatic rings. The highest BCUT2D eigenvalue weighted by Crippen LogP contribution is 2.25. The summed E-state index contributed by atoms with van der Waals surface area (Å²) in [4.78, 5) is 26.5. The first-order chi connectivity index (χ1) is 12.3. The van der Waals surface area contributed by atoms with Crippen LogP contribution in [-0.2, 0) is 11.2 Å². The molecule has 8 heteroatoms. The van der Waals surface area contributed by atoms with Gasteiger partial charge in [0.1, 0.15) is 17.4 Å². The number of aryl methyl sites for hydroxylation is 1. The number of aromatic nitrogens is 1. The van der Waals surface area contributed by atoms with Crippen molar-refractivity contribution in [3.05, 3.63) is 57.0 Å². The summed E-state index contributed by atoms with van der Waals surface area (Å²) in [7, 11) is 0. The van der Waals surface area contributed by atoms with Gasteiger partial charge in [-0.2, -0.15) is 14.0 Å². The number of ether oxygens (including phenoxy) is 1. The van der Waals surface area contributed by atoms with E-state index in [9.17, 15) is 18.4 Å². The number of benzene rings is 1. The van der Waals surface area contributed by atoms with Gasteiger partial charge in [-0.3, -0.25) is 9.59 Å². The fraction of sp³-hybridized carbons (Fsp3) is 0.278. The molecule has 2 N–H and O–H groups in total. The molecule has 1 aromatic carbocycles. The Morgan fingerprint density at radius 2 is 2.04 bits per heavy atom. The van der Waals surface area contributed by atoms with Crippen molar-refractivity contribution in [2.24, 2.45) is 0 Å². The third-order valence-corrected chi connectivity index (χ3v) is 3.90. The molecule has 1 heterocycles. The van der Waals surface area contributed by atoms with E-state index in [2.05, 4.69) is 15.0 Å². The van der Waals surface area contributed by atoms with Crippen LogP contribution in [-0.4, -0.2) is 17.5 Å². The Kier molecular flexibility index (Phi) is 6.07. The van der Waals surface area contributed by atoms with Crippen LogP contribution in [0.4, 0.5) is 14.5 Å². The third kappa shape index (κ3) is 4.45. The Balaban J connectivity index is 2.12. The lowest BCUT2D eigenvalue weighted by Crippen LogP contribution is -2.18. The monoisotopic (exact) mass is 361 g/mol. The lowest BCUT2D eigenvalue weighted by Gasteiger charge is -2.13. The maximum atomic E-state index is 12.4. The van der Waals surface area contributed by atoms with Crippen LogP contribution in [0, 0.1) is 25.2 Å². The standard InChI is InChI=1S/C18H17F2N3O3/c1-10-12(11(2)22-17(25)13(10)9-21)7-8-16(24)23-14-5-3-4-6-15(14)26-18(19)20/h3-6,18H,7-8H2,1-2H3,(H,22,25)(H,23,24). The van der Waals surface area contributed by atoms with Gasteiger partial charge in [-0.25, -0.2) is 0 Å². The zero-order chi connectivity index (χ0) is 19.3. The fourth-order valence-electron chi connectivity index (χ4n) is 2.64. The lowest BCUT2D eigenvalue weighted by molar-refractivity contribution is -0.116. The van der Waals surface area contributed by atoms with Crippen LogP contribution in [0.2, 0.25) is 0 Å². The summed E-state index contributed by atoms with van der Waals surface area (Å²) in [6.07, 6.45) is 0.328. The maximum Gasteiger partial charge on any atom is 0.387 e. The molecule has 0 fully saturated rings. The molecule has 1 amide bonds. The van der Waals surface area contributed by atoms with Crippen molar-refractivity contribution in [1.29, 1.82) is 5.26 Å². The number of halogens is 2. The molecule has 0 saturated carbocycles. The van der Waals surface area contributed by atoms with Gasteiger partial charge in [0.2, 0.25) is 5.91 Å². The highest BCUT2D eigenvalue weighted by Gasteiger charge is 2.15. The molecule has 0 saturated heterocycles. The Labute approximate surface area is 148 Å². The van der Waals surface area contributed by atoms with E-state index in [1.54, 1.807) is 19.9 Å². The summed E-state index contributed by atoms with van der Waals surface area (Å²) >= 11 is 0. The summed E-state index contributed by atoms with van der Waals surface area (Å²) in [5.41, 5.74) is 1.51. The fourth-order valence-corrected chi connectivity index (χ4v) is 2.64. The first-order valence-electron chi connectivity index (χ1n) is 7.79. The SMILES string of the molecule is Cc1[nH]c(=O)c(C#N)c(C)c1CCC(=O)Nc1ccccc1OC(F)F. The highest BCUT2D eigenvalue weighted by atomic mass is 19.3. The summed E-state index contributed by atoms with van der Waals surface area (Å²) in [6.45, 7) is 0.345. The predicted octanol–water partition coefficient (Wildman–Crippen LogP) is 3.04. The van der Waals surface area contributed by atoms with E-state index in [4.69, 9.17) is 5.26 Å². The summed E-state index contributed by atoms with van der Waals surface area (Å²) < 4.78 is 29.2. The number of hydrogen-bond donors (Lipinski definition) is 2. The van der Waals surface area contributed by atoms with Crippen molar-refractivity contribution < 1.29 is 18.3 Å². The molecule has 0 aliphatic carbocycles. The predicted molar refractivity (Wildman–Crippen MR) is 91.3 cm³/mol. The molecule has 136 valence electrons. The van der Waals surface area contributed by atoms with E-state index in [0.717, 1.165) is 0 Å². The number of amides is 1. The van der Waals surface area contributed by atoms with Gasteiger partial charge in [0, 0.05) is 12.1 Å². The van der Waals surface area contributed by atoms with Gasteiger partial charge < -0.3 is 15.0 Å². The number of rotatable bonds is 6. The molecule has 0 unspecified atom stereocenters. The number of carbonyl (C=O) groups excluding carboxylic acids is 1. The minimum atomic E-state index is -3.00. The van der Waals surface area contributed by atoms with Crippen molar-refractivity contribution in [2.45, 2.75) is 33.3 Å². The average molecular weight is 361 g/mol. The summed E-state index contributed by atoms with van der Waals surface area (Å²) in [5, 5.41) is 11.6. The molecule has 0 radical (unpaired) electrons. The Hall–Kier alpha value is -3.21. The smallest absolute Gasteiger partial charge is 0.387 e. The largest absolute Gasteiger partial charge is 0.433 e. The first-order valence-corrected chi connectivity index (χ1v) is 7.79. The van der Waals surface area contributed by atoms with Crippen molar-refractivity contribution in [3.63, 3.8) is 0 Å². The minimum absolute atomic E-state index is 0.0155. The number of hydrogen-bond acceptors (Lipinski definition) is 4. The van der Waals surface area contributed by atoms with E-state index in [0.29, 0.717) is 16.8 Å². The van der Waals surface area contributed by atoms with Gasteiger partial charge >= 0.3 is 6.61 Å². The number of nitrogens with zero attached hydrogens (tertiary/aromatic N) is 1. The van der Waals surface area contributed by atoms with E-state index in [1.165, 1.54) is 18.2 Å². The molecule has 6 nitrogen and oxygen atoms in total. The van der Waals surface area contributed by atoms with Gasteiger partial charge in [0.05, 0.1) is 5.69 Å². The number of pyridine rings is 1. The molecule has 0 aliphatic heterocycles. The Morgan fingerprint density at radius 1 is 1.35 bits per heavy atom. The second-order valence-corrected chi connectivity index (χ2v) is 5.59. The molecule has 2 rings (SSSR count). The van der Waals surface area contributed by atoms with Crippen LogP contribution in [0.5, 0.6) is 5.75 Å². The van der Waals surface area contributed by atoms with Crippen LogP contribution < -0.4 is 15.6 Å². The minimum Gasteiger partial charge on any atom is -0.433 e. The van der Waals surface area contributed by atoms with Gasteiger partial charge in [-0.1, -0.05) is 12.1 Å². The number of H-pyrrole nitrogens is 1. The van der Waals surface area contributed by atoms with Gasteiger partial charge in [-0.15, -0.1) is 0 Å². The van der Waals surface area contributed by atoms with Crippen molar-refractivity contribution in [2.75, 3.05) is 5.32 Å². The van der Waals surface area contributed by atoms with Crippen molar-refractivity contribution in [3.8, 4) is 11.8 Å². The molecule has 0 atom stereocenters. The maximum absolute atomic E-state index is 12.4. The van der Waals surface area contributed by atoms with Crippen molar-refractivity contribution in [1.82, 2.24) is 4.98 Å². The average Bonchev–Trinajstić information content (AvgIpc) is 2.56. The zero-order valence-electron chi connectivity index (χ0n) is 14.2. The zero-order valence-corrected chi connectivity index (χ0v) is 14.2. The quantitative estimate of drug-likeness (QED) is 0.827. The number of anilines is 1. The van der Waals surface area contributed by atoms with E-state index in [-0.39, 0.29) is 29.8 Å². The number of carbonyl (C=O) groups is 1. The summed E-state index contributed by atoms with van der Waals surface area (Å²) in [6, 6.07) is 7.75. The van der Waals surface area contributed by atoms with Crippen LogP contribution in [0.1, 0.15) is 28.8 Å². The molecular formula is C18H17F2N3O3. The second-order valence-electron chi connectivity index (χ2n) is 5.59. The Bertz CT molecular complexity index is 917. The van der Waals surface area contributed by atoms with E-state index < -0.39 is 18.1 Å². The molecule has 0 aliphatic rings. The molecule has 26 heavy (non-hydrogen) atoms. The number of para-hydroxylation sites is 2. The van der Waals surface area contributed by atoms with Crippen molar-refractivity contribution >= 4 is 11.6 Å². The number of nitriles is 1. The lowest BCUT2D eigenvalue weighted by atomic mass is 9.99. The highest BCUT2D eigenvalue weighted by molar-refractivity contribution is 5.92. The van der Waals surface area contributed by atoms with Crippen LogP contribution in [0.25, 0.3) is 0 Å². The molecule has 1 aromatic heterocycles. The van der Waals surface area contributed by atoms with Gasteiger partial charge in [-0.05, 0) is 43.5 Å². The molecule has 0 spiro atoms. The number of alkyl halides is 2. The second kappa shape index (κ2) is 8.25.